The summed E-state index contributed by atoms with van der Waals surface area (Å²) in [6, 6.07) is 33.5. The van der Waals surface area contributed by atoms with Gasteiger partial charge in [0.2, 0.25) is 0 Å². The number of anilines is 2. The van der Waals surface area contributed by atoms with E-state index >= 15 is 0 Å². The van der Waals surface area contributed by atoms with Gasteiger partial charge in [-0.25, -0.2) is 43.6 Å². The van der Waals surface area contributed by atoms with Crippen LogP contribution in [0.2, 0.25) is 0 Å². The summed E-state index contributed by atoms with van der Waals surface area (Å²) in [5, 5.41) is 1.26. The molecule has 0 saturated heterocycles. The van der Waals surface area contributed by atoms with Gasteiger partial charge in [0, 0.05) is 59.8 Å². The van der Waals surface area contributed by atoms with Crippen LogP contribution < -0.4 is 128 Å². The molecule has 0 N–H and O–H groups in total. The zero-order chi connectivity index (χ0) is 50.4. The largest absolute Gasteiger partial charge is 1.00 e. The minimum atomic E-state index is -4.74. The summed E-state index contributed by atoms with van der Waals surface area (Å²) in [5.41, 5.74) is 7.59. The molecule has 0 atom stereocenters. The van der Waals surface area contributed by atoms with E-state index in [1.54, 1.807) is 12.2 Å². The second-order valence-corrected chi connectivity index (χ2v) is 22.1. The van der Waals surface area contributed by atoms with Gasteiger partial charge in [0.05, 0.1) is 52.4 Å². The number of pyridine rings is 2. The van der Waals surface area contributed by atoms with E-state index < -0.39 is 61.8 Å². The first-order valence-electron chi connectivity index (χ1n) is 21.9. The molecule has 0 fully saturated rings. The fourth-order valence-electron chi connectivity index (χ4n) is 8.03. The Bertz CT molecular complexity index is 3340. The van der Waals surface area contributed by atoms with Crippen LogP contribution in [0.1, 0.15) is 49.2 Å². The first kappa shape index (κ1) is 65.9. The molecule has 7 aromatic rings. The van der Waals surface area contributed by atoms with Crippen LogP contribution in [-0.2, 0) is 40.5 Å². The van der Waals surface area contributed by atoms with Gasteiger partial charge in [0.25, 0.3) is 0 Å². The summed E-state index contributed by atoms with van der Waals surface area (Å²) in [4.78, 5) is 13.3. The van der Waals surface area contributed by atoms with Crippen LogP contribution in [0.25, 0.3) is 68.4 Å². The first-order chi connectivity index (χ1) is 33.1. The Morgan fingerprint density at radius 2 is 0.770 bits per heavy atom. The molecule has 0 aliphatic rings. The molecule has 7 rings (SSSR count). The predicted molar refractivity (Wildman–Crippen MR) is 269 cm³/mol. The van der Waals surface area contributed by atoms with Crippen LogP contribution in [-0.4, -0.2) is 99.5 Å². The SMILES string of the molecule is CCN(CCCS(=O)(=O)[O-])c1ccc(/C=C/c2cc(-c3ccc(S(=O)(=O)[O-])cc3)c3ccc4c(-c5ccc(S(=O)(=O)[O-])cc5)cc(/C=C/c5ccc(N(CC)CCCS(=O)(=O)[O-])cc5)nc4c3n2)cc1.[Na+].[Na+].[Na+].[Na+]. The Hall–Kier alpha value is -2.36. The molecule has 24 heteroatoms. The van der Waals surface area contributed by atoms with Gasteiger partial charge in [-0.3, -0.25) is 0 Å². The number of benzene rings is 5. The van der Waals surface area contributed by atoms with Crippen LogP contribution in [0.3, 0.4) is 0 Å². The number of aromatic nitrogens is 2. The summed E-state index contributed by atoms with van der Waals surface area (Å²) >= 11 is 0. The van der Waals surface area contributed by atoms with Crippen LogP contribution in [0.5, 0.6) is 0 Å². The predicted octanol–water partition coefficient (Wildman–Crippen LogP) is -4.19. The Labute approximate surface area is 521 Å². The minimum Gasteiger partial charge on any atom is -0.748 e. The van der Waals surface area contributed by atoms with Crippen LogP contribution >= 0.6 is 0 Å². The molecule has 5 aromatic carbocycles. The molecule has 2 aromatic heterocycles. The van der Waals surface area contributed by atoms with Crippen molar-refractivity contribution in [2.45, 2.75) is 36.5 Å². The number of fused-ring (bicyclic) bond motifs is 3. The van der Waals surface area contributed by atoms with E-state index in [1.807, 2.05) is 109 Å². The topological polar surface area (TPSA) is 261 Å². The minimum absolute atomic E-state index is 0. The Morgan fingerprint density at radius 3 is 1.05 bits per heavy atom. The van der Waals surface area contributed by atoms with Crippen molar-refractivity contribution in [3.63, 3.8) is 0 Å². The molecule has 0 radical (unpaired) electrons. The molecule has 0 saturated carbocycles. The van der Waals surface area contributed by atoms with Crippen molar-refractivity contribution in [3.05, 3.63) is 144 Å². The average Bonchev–Trinajstić information content (AvgIpc) is 3.31. The van der Waals surface area contributed by atoms with Gasteiger partial charge in [-0.2, -0.15) is 0 Å². The third-order valence-electron chi connectivity index (χ3n) is 11.5. The van der Waals surface area contributed by atoms with Gasteiger partial charge in [0.1, 0.15) is 20.2 Å². The smallest absolute Gasteiger partial charge is 0.748 e. The average molecular weight is 1120 g/mol. The summed E-state index contributed by atoms with van der Waals surface area (Å²) in [5.74, 6) is -0.918. The van der Waals surface area contributed by atoms with Gasteiger partial charge >= 0.3 is 118 Å². The Balaban J connectivity index is 0.00000361. The van der Waals surface area contributed by atoms with Gasteiger partial charge in [-0.1, -0.05) is 72.8 Å². The summed E-state index contributed by atoms with van der Waals surface area (Å²) < 4.78 is 138. The Kier molecular flexibility index (Phi) is 25.4. The fourth-order valence-corrected chi connectivity index (χ4v) is 9.93. The van der Waals surface area contributed by atoms with E-state index in [4.69, 9.17) is 9.97 Å². The van der Waals surface area contributed by atoms with Crippen molar-refractivity contribution in [3.8, 4) is 22.3 Å². The van der Waals surface area contributed by atoms with E-state index in [0.29, 0.717) is 81.6 Å². The maximum atomic E-state index is 11.9. The zero-order valence-corrected chi connectivity index (χ0v) is 53.1. The van der Waals surface area contributed by atoms with Crippen LogP contribution in [0.4, 0.5) is 11.4 Å². The van der Waals surface area contributed by atoms with Gasteiger partial charge < -0.3 is 28.0 Å². The fraction of sp³-hybridized carbons (Fsp3) is 0.200. The molecule has 0 unspecified atom stereocenters. The summed E-state index contributed by atoms with van der Waals surface area (Å²) in [6.45, 7) is 5.78. The van der Waals surface area contributed by atoms with Crippen molar-refractivity contribution in [1.29, 1.82) is 0 Å². The van der Waals surface area contributed by atoms with E-state index in [1.165, 1.54) is 48.5 Å². The van der Waals surface area contributed by atoms with Crippen LogP contribution in [0.15, 0.2) is 131 Å². The molecule has 0 aliphatic carbocycles. The standard InChI is InChI=1S/C50H50N4O12S4.4Na/c1-3-53(29-5-31-67(55,56)57)41-19-9-35(10-20-41)7-17-39-33-47(37-13-23-43(24-14-37)69(61,62)63)45-27-28-46-48(38-15-25-44(26-16-38)70(64,65)66)34-40(52-50(46)49(45)51-39)18-8-36-11-21-42(22-12-36)54(4-2)30-6-32-68(58,59)60;;;;/h7-28,33-34H,3-6,29-32H2,1-2H3,(H,55,56,57)(H,58,59,60)(H,61,62,63)(H,64,65,66);;;;/q;4*+1/p-4/b17-7+,18-8+;;;;. The third kappa shape index (κ3) is 18.1. The van der Waals surface area contributed by atoms with Crippen molar-refractivity contribution in [2.75, 3.05) is 47.5 Å². The molecule has 16 nitrogen and oxygen atoms in total. The van der Waals surface area contributed by atoms with Crippen molar-refractivity contribution < 1.29 is 170 Å². The van der Waals surface area contributed by atoms with Crippen molar-refractivity contribution >= 4 is 98.0 Å². The quantitative estimate of drug-likeness (QED) is 0.0398. The zero-order valence-electron chi connectivity index (χ0n) is 41.8. The number of hydrogen-bond donors (Lipinski definition) is 0. The molecule has 0 spiro atoms. The third-order valence-corrected chi connectivity index (χ3v) is 14.8. The monoisotopic (exact) mass is 1110 g/mol. The maximum absolute atomic E-state index is 11.9. The summed E-state index contributed by atoms with van der Waals surface area (Å²) in [7, 11) is -18.1. The van der Waals surface area contributed by atoms with Crippen molar-refractivity contribution in [1.82, 2.24) is 9.97 Å². The Morgan fingerprint density at radius 1 is 0.446 bits per heavy atom. The van der Waals surface area contributed by atoms with Crippen molar-refractivity contribution in [2.24, 2.45) is 0 Å². The molecular formula is C50H46N4Na4O12S4. The molecule has 0 bridgehead atoms. The van der Waals surface area contributed by atoms with E-state index in [2.05, 4.69) is 0 Å². The number of rotatable bonds is 20. The van der Waals surface area contributed by atoms with E-state index in [9.17, 15) is 51.9 Å². The molecule has 0 aliphatic heterocycles. The maximum Gasteiger partial charge on any atom is 1.00 e. The second-order valence-electron chi connectivity index (χ2n) is 16.2. The molecule has 2 heterocycles. The van der Waals surface area contributed by atoms with Gasteiger partial charge in [-0.15, -0.1) is 0 Å². The number of hydrogen-bond acceptors (Lipinski definition) is 16. The summed E-state index contributed by atoms with van der Waals surface area (Å²) in [6.07, 6.45) is 7.66. The van der Waals surface area contributed by atoms with E-state index in [-0.39, 0.29) is 131 Å². The molecule has 366 valence electrons. The van der Waals surface area contributed by atoms with Gasteiger partial charge in [0.15, 0.2) is 0 Å². The van der Waals surface area contributed by atoms with E-state index in [0.717, 1.165) is 22.5 Å². The number of nitrogens with zero attached hydrogens (tertiary/aromatic N) is 4. The second kappa shape index (κ2) is 28.5. The van der Waals surface area contributed by atoms with Crippen LogP contribution in [0, 0.1) is 0 Å². The first-order valence-corrected chi connectivity index (χ1v) is 27.9. The molecular weight excluding hydrogens is 1070 g/mol. The van der Waals surface area contributed by atoms with Gasteiger partial charge in [-0.05, 0) is 133 Å². The molecule has 74 heavy (non-hydrogen) atoms. The normalized spacial score (nSPS) is 12.0. The molecule has 0 amide bonds.